The van der Waals surface area contributed by atoms with Crippen molar-refractivity contribution >= 4 is 0 Å². The van der Waals surface area contributed by atoms with Gasteiger partial charge in [0.2, 0.25) is 0 Å². The summed E-state index contributed by atoms with van der Waals surface area (Å²) in [4.78, 5) is 0. The quantitative estimate of drug-likeness (QED) is 0.851. The third-order valence-electron chi connectivity index (χ3n) is 3.32. The van der Waals surface area contributed by atoms with Crippen molar-refractivity contribution in [1.82, 2.24) is 10.2 Å². The van der Waals surface area contributed by atoms with E-state index in [1.165, 1.54) is 16.7 Å². The third kappa shape index (κ3) is 2.31. The normalized spacial score (nSPS) is 11.8. The number of aryl methyl sites for hydroxylation is 1. The molecule has 3 N–H and O–H groups in total. The molecule has 1 aromatic carbocycles. The largest absolute Gasteiger partial charge is 0.325 e. The summed E-state index contributed by atoms with van der Waals surface area (Å²) >= 11 is 0. The van der Waals surface area contributed by atoms with E-state index in [9.17, 15) is 0 Å². The number of nitrogens with one attached hydrogen (secondary N) is 1. The van der Waals surface area contributed by atoms with Crippen molar-refractivity contribution in [3.05, 3.63) is 41.2 Å². The summed E-state index contributed by atoms with van der Waals surface area (Å²) in [6.45, 7) is 9.27. The number of hydrogen-bond acceptors (Lipinski definition) is 2. The highest BCUT2D eigenvalue weighted by Crippen LogP contribution is 2.31. The van der Waals surface area contributed by atoms with Crippen LogP contribution in [0.4, 0.5) is 0 Å². The number of nitrogens with zero attached hydrogens (tertiary/aromatic N) is 1. The molecule has 0 unspecified atom stereocenters. The highest BCUT2D eigenvalue weighted by atomic mass is 15.1. The molecule has 3 nitrogen and oxygen atoms in total. The summed E-state index contributed by atoms with van der Waals surface area (Å²) in [5.41, 5.74) is 11.8. The first-order chi connectivity index (χ1) is 8.43. The average molecular weight is 243 g/mol. The van der Waals surface area contributed by atoms with E-state index in [-0.39, 0.29) is 5.41 Å². The van der Waals surface area contributed by atoms with E-state index >= 15 is 0 Å². The maximum Gasteiger partial charge on any atom is 0.0569 e. The summed E-state index contributed by atoms with van der Waals surface area (Å²) in [6, 6.07) is 6.61. The summed E-state index contributed by atoms with van der Waals surface area (Å²) in [6.07, 6.45) is 1.86. The van der Waals surface area contributed by atoms with Gasteiger partial charge in [0, 0.05) is 12.1 Å². The monoisotopic (exact) mass is 243 g/mol. The first-order valence-corrected chi connectivity index (χ1v) is 6.27. The lowest BCUT2D eigenvalue weighted by atomic mass is 9.84. The molecule has 96 valence electrons. The van der Waals surface area contributed by atoms with Crippen molar-refractivity contribution in [1.29, 1.82) is 0 Å². The van der Waals surface area contributed by atoms with Crippen molar-refractivity contribution in [2.75, 3.05) is 0 Å². The van der Waals surface area contributed by atoms with E-state index < -0.39 is 0 Å². The van der Waals surface area contributed by atoms with Crippen LogP contribution in [0.1, 0.15) is 37.6 Å². The van der Waals surface area contributed by atoms with Gasteiger partial charge in [-0.25, -0.2) is 0 Å². The fraction of sp³-hybridized carbons (Fsp3) is 0.400. The maximum absolute atomic E-state index is 5.74. The smallest absolute Gasteiger partial charge is 0.0569 e. The minimum atomic E-state index is 0.148. The fourth-order valence-electron chi connectivity index (χ4n) is 2.08. The van der Waals surface area contributed by atoms with Gasteiger partial charge in [-0.1, -0.05) is 39.0 Å². The van der Waals surface area contributed by atoms with Gasteiger partial charge in [0.05, 0.1) is 11.9 Å². The lowest BCUT2D eigenvalue weighted by Gasteiger charge is -2.20. The molecule has 1 aromatic heterocycles. The van der Waals surface area contributed by atoms with Gasteiger partial charge in [-0.05, 0) is 29.0 Å². The molecule has 0 saturated carbocycles. The second-order valence-electron chi connectivity index (χ2n) is 5.75. The molecule has 0 bridgehead atoms. The molecule has 1 heterocycles. The van der Waals surface area contributed by atoms with Gasteiger partial charge in [-0.3, -0.25) is 5.10 Å². The van der Waals surface area contributed by atoms with Crippen LogP contribution in [0, 0.1) is 6.92 Å². The van der Waals surface area contributed by atoms with Crippen LogP contribution < -0.4 is 5.73 Å². The summed E-state index contributed by atoms with van der Waals surface area (Å²) in [5, 5.41) is 7.06. The van der Waals surface area contributed by atoms with Crippen LogP contribution in [0.3, 0.4) is 0 Å². The number of nitrogens with two attached hydrogens (primary N) is 1. The Kier molecular flexibility index (Phi) is 3.26. The van der Waals surface area contributed by atoms with Gasteiger partial charge in [-0.15, -0.1) is 0 Å². The molecule has 0 atom stereocenters. The standard InChI is InChI=1S/C15H21N3/c1-10-5-6-11(15(2,3)4)7-12(10)13-9-17-18-14(13)8-16/h5-7,9H,8,16H2,1-4H3,(H,17,18). The molecule has 0 saturated heterocycles. The molecule has 2 aromatic rings. The van der Waals surface area contributed by atoms with Gasteiger partial charge in [0.1, 0.15) is 0 Å². The summed E-state index contributed by atoms with van der Waals surface area (Å²) in [7, 11) is 0. The molecular formula is C15H21N3. The Hall–Kier alpha value is -1.61. The molecule has 0 radical (unpaired) electrons. The summed E-state index contributed by atoms with van der Waals surface area (Å²) < 4.78 is 0. The topological polar surface area (TPSA) is 54.7 Å². The minimum absolute atomic E-state index is 0.148. The summed E-state index contributed by atoms with van der Waals surface area (Å²) in [5.74, 6) is 0. The van der Waals surface area contributed by atoms with E-state index in [2.05, 4.69) is 56.1 Å². The van der Waals surface area contributed by atoms with Gasteiger partial charge in [0.25, 0.3) is 0 Å². The molecule has 0 spiro atoms. The Morgan fingerprint density at radius 1 is 1.22 bits per heavy atom. The van der Waals surface area contributed by atoms with Crippen LogP contribution in [0.15, 0.2) is 24.4 Å². The Labute approximate surface area is 108 Å². The lowest BCUT2D eigenvalue weighted by Crippen LogP contribution is -2.11. The van der Waals surface area contributed by atoms with Crippen molar-refractivity contribution < 1.29 is 0 Å². The number of aromatic nitrogens is 2. The first-order valence-electron chi connectivity index (χ1n) is 6.27. The zero-order valence-electron chi connectivity index (χ0n) is 11.5. The predicted molar refractivity (Wildman–Crippen MR) is 75.4 cm³/mol. The van der Waals surface area contributed by atoms with Gasteiger partial charge >= 0.3 is 0 Å². The molecule has 18 heavy (non-hydrogen) atoms. The van der Waals surface area contributed by atoms with E-state index in [1.807, 2.05) is 6.20 Å². The molecule has 3 heteroatoms. The highest BCUT2D eigenvalue weighted by molar-refractivity contribution is 5.69. The van der Waals surface area contributed by atoms with E-state index in [0.29, 0.717) is 6.54 Å². The number of rotatable bonds is 2. The number of hydrogen-bond donors (Lipinski definition) is 2. The number of benzene rings is 1. The van der Waals surface area contributed by atoms with Gasteiger partial charge in [-0.2, -0.15) is 5.10 Å². The highest BCUT2D eigenvalue weighted by Gasteiger charge is 2.16. The molecule has 0 fully saturated rings. The van der Waals surface area contributed by atoms with Crippen LogP contribution in [0.25, 0.3) is 11.1 Å². The van der Waals surface area contributed by atoms with Crippen molar-refractivity contribution in [2.45, 2.75) is 39.7 Å². The van der Waals surface area contributed by atoms with Gasteiger partial charge in [0.15, 0.2) is 0 Å². The van der Waals surface area contributed by atoms with Crippen LogP contribution in [-0.2, 0) is 12.0 Å². The fourth-order valence-corrected chi connectivity index (χ4v) is 2.08. The number of aromatic amines is 1. The first kappa shape index (κ1) is 12.8. The van der Waals surface area contributed by atoms with Crippen molar-refractivity contribution in [2.24, 2.45) is 5.73 Å². The second kappa shape index (κ2) is 4.58. The minimum Gasteiger partial charge on any atom is -0.325 e. The van der Waals surface area contributed by atoms with Crippen LogP contribution >= 0.6 is 0 Å². The molecular weight excluding hydrogens is 222 g/mol. The second-order valence-corrected chi connectivity index (χ2v) is 5.75. The maximum atomic E-state index is 5.74. The predicted octanol–water partition coefficient (Wildman–Crippen LogP) is 3.14. The van der Waals surface area contributed by atoms with Crippen molar-refractivity contribution in [3.63, 3.8) is 0 Å². The van der Waals surface area contributed by atoms with Gasteiger partial charge < -0.3 is 5.73 Å². The van der Waals surface area contributed by atoms with Crippen LogP contribution in [-0.4, -0.2) is 10.2 Å². The molecule has 0 amide bonds. The Morgan fingerprint density at radius 3 is 2.56 bits per heavy atom. The Balaban J connectivity index is 2.57. The molecule has 0 aliphatic carbocycles. The number of H-pyrrole nitrogens is 1. The lowest BCUT2D eigenvalue weighted by molar-refractivity contribution is 0.590. The average Bonchev–Trinajstić information content (AvgIpc) is 2.76. The SMILES string of the molecule is Cc1ccc(C(C)(C)C)cc1-c1cn[nH]c1CN. The van der Waals surface area contributed by atoms with E-state index in [0.717, 1.165) is 11.3 Å². The Bertz CT molecular complexity index is 547. The zero-order chi connectivity index (χ0) is 13.3. The van der Waals surface area contributed by atoms with E-state index in [4.69, 9.17) is 5.73 Å². The van der Waals surface area contributed by atoms with E-state index in [1.54, 1.807) is 0 Å². The molecule has 0 aliphatic rings. The molecule has 2 rings (SSSR count). The Morgan fingerprint density at radius 2 is 1.94 bits per heavy atom. The third-order valence-corrected chi connectivity index (χ3v) is 3.32. The van der Waals surface area contributed by atoms with Crippen LogP contribution in [0.2, 0.25) is 0 Å². The molecule has 0 aliphatic heterocycles. The van der Waals surface area contributed by atoms with Crippen molar-refractivity contribution in [3.8, 4) is 11.1 Å². The zero-order valence-corrected chi connectivity index (χ0v) is 11.5. The van der Waals surface area contributed by atoms with Crippen LogP contribution in [0.5, 0.6) is 0 Å².